The first-order chi connectivity index (χ1) is 11.6. The van der Waals surface area contributed by atoms with E-state index in [0.717, 1.165) is 30.8 Å². The van der Waals surface area contributed by atoms with Gasteiger partial charge in [-0.3, -0.25) is 19.6 Å². The molecular formula is C18H20N4O2. The van der Waals surface area contributed by atoms with Gasteiger partial charge in [0.1, 0.15) is 0 Å². The third kappa shape index (κ3) is 3.59. The van der Waals surface area contributed by atoms with Crippen molar-refractivity contribution in [3.63, 3.8) is 0 Å². The number of carbonyl (C=O) groups is 2. The molecule has 1 fully saturated rings. The number of carbonyl (C=O) groups excluding carboxylic acids is 2. The molecule has 6 heteroatoms. The normalized spacial score (nSPS) is 16.9. The fraction of sp³-hybridized carbons (Fsp3) is 0.333. The van der Waals surface area contributed by atoms with Crippen LogP contribution in [-0.2, 0) is 11.3 Å². The van der Waals surface area contributed by atoms with Gasteiger partial charge in [-0.2, -0.15) is 0 Å². The lowest BCUT2D eigenvalue weighted by molar-refractivity contribution is -0.119. The van der Waals surface area contributed by atoms with Crippen molar-refractivity contribution in [1.82, 2.24) is 20.2 Å². The van der Waals surface area contributed by atoms with Crippen LogP contribution in [0, 0.1) is 0 Å². The van der Waals surface area contributed by atoms with Crippen molar-refractivity contribution in [2.24, 2.45) is 0 Å². The topological polar surface area (TPSA) is 75.2 Å². The van der Waals surface area contributed by atoms with E-state index < -0.39 is 0 Å². The molecule has 6 nitrogen and oxygen atoms in total. The van der Waals surface area contributed by atoms with Crippen molar-refractivity contribution in [1.29, 1.82) is 0 Å². The zero-order valence-electron chi connectivity index (χ0n) is 13.6. The number of amides is 2. The summed E-state index contributed by atoms with van der Waals surface area (Å²) in [6.45, 7) is 2.59. The third-order valence-electron chi connectivity index (χ3n) is 4.11. The highest BCUT2D eigenvalue weighted by Crippen LogP contribution is 2.32. The third-order valence-corrected chi connectivity index (χ3v) is 4.11. The molecule has 124 valence electrons. The molecule has 3 heterocycles. The zero-order chi connectivity index (χ0) is 16.9. The molecule has 1 N–H and O–H groups in total. The summed E-state index contributed by atoms with van der Waals surface area (Å²) in [5.74, 6) is -0.101. The standard InChI is InChI=1S/C18H20N4O2/c1-13(23)20-12-15-6-2-7-16(21-15)17-8-4-10-22(17)18(24)14-5-3-9-19-11-14/h2-3,5-7,9,11,17H,4,8,10,12H2,1H3,(H,20,23). The highest BCUT2D eigenvalue weighted by Gasteiger charge is 2.31. The maximum Gasteiger partial charge on any atom is 0.255 e. The minimum absolute atomic E-state index is 0.0142. The van der Waals surface area contributed by atoms with E-state index in [1.54, 1.807) is 24.5 Å². The number of pyridine rings is 2. The van der Waals surface area contributed by atoms with Gasteiger partial charge in [0.2, 0.25) is 5.91 Å². The van der Waals surface area contributed by atoms with Gasteiger partial charge in [-0.1, -0.05) is 6.07 Å². The van der Waals surface area contributed by atoms with E-state index in [-0.39, 0.29) is 17.9 Å². The maximum atomic E-state index is 12.7. The maximum absolute atomic E-state index is 12.7. The van der Waals surface area contributed by atoms with Gasteiger partial charge in [-0.15, -0.1) is 0 Å². The van der Waals surface area contributed by atoms with Gasteiger partial charge in [-0.05, 0) is 37.1 Å². The predicted molar refractivity (Wildman–Crippen MR) is 89.0 cm³/mol. The van der Waals surface area contributed by atoms with Gasteiger partial charge in [0.15, 0.2) is 0 Å². The first-order valence-electron chi connectivity index (χ1n) is 8.06. The van der Waals surface area contributed by atoms with Gasteiger partial charge in [0, 0.05) is 25.9 Å². The molecule has 0 saturated carbocycles. The second-order valence-corrected chi connectivity index (χ2v) is 5.86. The first kappa shape index (κ1) is 16.1. The molecule has 2 amide bonds. The van der Waals surface area contributed by atoms with E-state index in [0.29, 0.717) is 12.1 Å². The van der Waals surface area contributed by atoms with Crippen LogP contribution in [-0.4, -0.2) is 33.2 Å². The summed E-state index contributed by atoms with van der Waals surface area (Å²) in [5, 5.41) is 2.75. The smallest absolute Gasteiger partial charge is 0.255 e. The second-order valence-electron chi connectivity index (χ2n) is 5.86. The van der Waals surface area contributed by atoms with Crippen LogP contribution in [0.3, 0.4) is 0 Å². The Bertz CT molecular complexity index is 733. The lowest BCUT2D eigenvalue weighted by atomic mass is 10.1. The number of aromatic nitrogens is 2. The molecule has 24 heavy (non-hydrogen) atoms. The Morgan fingerprint density at radius 1 is 1.29 bits per heavy atom. The summed E-state index contributed by atoms with van der Waals surface area (Å²) in [5.41, 5.74) is 2.26. The summed E-state index contributed by atoms with van der Waals surface area (Å²) in [6, 6.07) is 9.26. The molecule has 0 spiro atoms. The fourth-order valence-corrected chi connectivity index (χ4v) is 2.97. The van der Waals surface area contributed by atoms with Crippen LogP contribution < -0.4 is 5.32 Å². The van der Waals surface area contributed by atoms with Crippen molar-refractivity contribution >= 4 is 11.8 Å². The molecule has 2 aromatic rings. The molecule has 1 aliphatic heterocycles. The minimum Gasteiger partial charge on any atom is -0.351 e. The van der Waals surface area contributed by atoms with Crippen LogP contribution in [0.1, 0.15) is 47.6 Å². The molecule has 1 saturated heterocycles. The predicted octanol–water partition coefficient (Wildman–Crippen LogP) is 2.09. The summed E-state index contributed by atoms with van der Waals surface area (Å²) >= 11 is 0. The minimum atomic E-state index is -0.0866. The Morgan fingerprint density at radius 2 is 2.17 bits per heavy atom. The lowest BCUT2D eigenvalue weighted by Gasteiger charge is -2.24. The van der Waals surface area contributed by atoms with E-state index in [2.05, 4.69) is 15.3 Å². The van der Waals surface area contributed by atoms with E-state index in [1.807, 2.05) is 23.1 Å². The van der Waals surface area contributed by atoms with Gasteiger partial charge in [-0.25, -0.2) is 0 Å². The summed E-state index contributed by atoms with van der Waals surface area (Å²) < 4.78 is 0. The molecule has 1 atom stereocenters. The van der Waals surface area contributed by atoms with Crippen LogP contribution in [0.4, 0.5) is 0 Å². The van der Waals surface area contributed by atoms with Crippen LogP contribution in [0.5, 0.6) is 0 Å². The molecule has 2 aromatic heterocycles. The Labute approximate surface area is 140 Å². The molecule has 0 aliphatic carbocycles. The molecule has 1 aliphatic rings. The van der Waals surface area contributed by atoms with Crippen molar-refractivity contribution in [3.8, 4) is 0 Å². The summed E-state index contributed by atoms with van der Waals surface area (Å²) in [6.07, 6.45) is 5.10. The zero-order valence-corrected chi connectivity index (χ0v) is 13.6. The molecule has 0 bridgehead atoms. The number of nitrogens with zero attached hydrogens (tertiary/aromatic N) is 3. The van der Waals surface area contributed by atoms with Crippen molar-refractivity contribution in [2.75, 3.05) is 6.54 Å². The highest BCUT2D eigenvalue weighted by atomic mass is 16.2. The van der Waals surface area contributed by atoms with Crippen LogP contribution in [0.15, 0.2) is 42.7 Å². The number of hydrogen-bond donors (Lipinski definition) is 1. The Hall–Kier alpha value is -2.76. The molecule has 0 aromatic carbocycles. The number of likely N-dealkylation sites (tertiary alicyclic amines) is 1. The molecular weight excluding hydrogens is 304 g/mol. The Kier molecular flexibility index (Phi) is 4.84. The number of rotatable bonds is 4. The number of hydrogen-bond acceptors (Lipinski definition) is 4. The van der Waals surface area contributed by atoms with Crippen molar-refractivity contribution in [2.45, 2.75) is 32.4 Å². The molecule has 1 unspecified atom stereocenters. The largest absolute Gasteiger partial charge is 0.351 e. The lowest BCUT2D eigenvalue weighted by Crippen LogP contribution is -2.31. The van der Waals surface area contributed by atoms with Crippen LogP contribution in [0.25, 0.3) is 0 Å². The SMILES string of the molecule is CC(=O)NCc1cccc(C2CCCN2C(=O)c2cccnc2)n1. The first-order valence-corrected chi connectivity index (χ1v) is 8.06. The Morgan fingerprint density at radius 3 is 2.92 bits per heavy atom. The van der Waals surface area contributed by atoms with Gasteiger partial charge >= 0.3 is 0 Å². The summed E-state index contributed by atoms with van der Waals surface area (Å²) in [7, 11) is 0. The van der Waals surface area contributed by atoms with Gasteiger partial charge < -0.3 is 10.2 Å². The molecule has 3 rings (SSSR count). The van der Waals surface area contributed by atoms with E-state index >= 15 is 0 Å². The van der Waals surface area contributed by atoms with Crippen molar-refractivity contribution in [3.05, 3.63) is 59.7 Å². The Balaban J connectivity index is 1.79. The highest BCUT2D eigenvalue weighted by molar-refractivity contribution is 5.94. The van der Waals surface area contributed by atoms with Crippen molar-refractivity contribution < 1.29 is 9.59 Å². The van der Waals surface area contributed by atoms with Gasteiger partial charge in [0.05, 0.1) is 29.5 Å². The summed E-state index contributed by atoms with van der Waals surface area (Å²) in [4.78, 5) is 34.3. The fourth-order valence-electron chi connectivity index (χ4n) is 2.97. The van der Waals surface area contributed by atoms with E-state index in [1.165, 1.54) is 6.92 Å². The van der Waals surface area contributed by atoms with Crippen LogP contribution in [0.2, 0.25) is 0 Å². The average molecular weight is 324 g/mol. The average Bonchev–Trinajstić information content (AvgIpc) is 3.10. The van der Waals surface area contributed by atoms with Crippen LogP contribution >= 0.6 is 0 Å². The molecule has 0 radical (unpaired) electrons. The van der Waals surface area contributed by atoms with E-state index in [9.17, 15) is 9.59 Å². The quantitative estimate of drug-likeness (QED) is 0.934. The second kappa shape index (κ2) is 7.21. The van der Waals surface area contributed by atoms with E-state index in [4.69, 9.17) is 0 Å². The van der Waals surface area contributed by atoms with Gasteiger partial charge in [0.25, 0.3) is 5.91 Å². The monoisotopic (exact) mass is 324 g/mol. The number of nitrogens with one attached hydrogen (secondary N) is 1.